The van der Waals surface area contributed by atoms with Crippen molar-refractivity contribution in [3.05, 3.63) is 51.8 Å². The van der Waals surface area contributed by atoms with Gasteiger partial charge in [0.05, 0.1) is 22.3 Å². The van der Waals surface area contributed by atoms with Gasteiger partial charge in [0.2, 0.25) is 0 Å². The van der Waals surface area contributed by atoms with Crippen LogP contribution in [0, 0.1) is 17.0 Å². The molecule has 19 heavy (non-hydrogen) atoms. The summed E-state index contributed by atoms with van der Waals surface area (Å²) in [6.45, 7) is 1.25. The summed E-state index contributed by atoms with van der Waals surface area (Å²) in [5, 5.41) is 10.9. The number of hydrogen-bond donors (Lipinski definition) is 0. The Morgan fingerprint density at radius 3 is 2.47 bits per heavy atom. The molecule has 0 unspecified atom stereocenters. The van der Waals surface area contributed by atoms with Gasteiger partial charge in [0, 0.05) is 6.07 Å². The van der Waals surface area contributed by atoms with E-state index in [2.05, 4.69) is 0 Å². The van der Waals surface area contributed by atoms with Crippen molar-refractivity contribution in [3.8, 4) is 11.3 Å². The van der Waals surface area contributed by atoms with Crippen LogP contribution >= 0.6 is 0 Å². The number of hydrogen-bond acceptors (Lipinski definition) is 3. The first-order valence-corrected chi connectivity index (χ1v) is 5.21. The number of nitro benzene ring substituents is 1. The Morgan fingerprint density at radius 2 is 2.00 bits per heavy atom. The summed E-state index contributed by atoms with van der Waals surface area (Å²) in [5.41, 5.74) is -1.72. The number of benzene rings is 1. The second-order valence-electron chi connectivity index (χ2n) is 3.92. The van der Waals surface area contributed by atoms with E-state index in [1.807, 2.05) is 0 Å². The zero-order valence-corrected chi connectivity index (χ0v) is 9.69. The summed E-state index contributed by atoms with van der Waals surface area (Å²) < 4.78 is 43.2. The van der Waals surface area contributed by atoms with Crippen LogP contribution in [-0.4, -0.2) is 4.92 Å². The highest BCUT2D eigenvalue weighted by molar-refractivity contribution is 5.71. The normalized spacial score (nSPS) is 11.6. The summed E-state index contributed by atoms with van der Waals surface area (Å²) in [4.78, 5) is 10.0. The molecule has 1 aromatic carbocycles. The summed E-state index contributed by atoms with van der Waals surface area (Å²) in [7, 11) is 0. The molecule has 0 aliphatic heterocycles. The van der Waals surface area contributed by atoms with Crippen LogP contribution in [0.1, 0.15) is 11.1 Å². The topological polar surface area (TPSA) is 56.3 Å². The molecule has 0 radical (unpaired) electrons. The summed E-state index contributed by atoms with van der Waals surface area (Å²) in [5.74, 6) is 0.156. The predicted octanol–water partition coefficient (Wildman–Crippen LogP) is 4.18. The van der Waals surface area contributed by atoms with Crippen LogP contribution in [-0.2, 0) is 6.18 Å². The Hall–Kier alpha value is -2.31. The van der Waals surface area contributed by atoms with Crippen LogP contribution in [0.3, 0.4) is 0 Å². The lowest BCUT2D eigenvalue weighted by molar-refractivity contribution is -0.384. The molecular formula is C12H8F3NO3. The first-order chi connectivity index (χ1) is 8.80. The third-order valence-corrected chi connectivity index (χ3v) is 2.63. The third-order valence-electron chi connectivity index (χ3n) is 2.63. The maximum atomic E-state index is 12.7. The minimum atomic E-state index is -4.63. The van der Waals surface area contributed by atoms with Crippen LogP contribution in [0.2, 0.25) is 0 Å². The Balaban J connectivity index is 2.70. The lowest BCUT2D eigenvalue weighted by Crippen LogP contribution is -2.08. The first-order valence-electron chi connectivity index (χ1n) is 5.21. The van der Waals surface area contributed by atoms with E-state index in [0.717, 1.165) is 6.07 Å². The zero-order chi connectivity index (χ0) is 14.2. The Bertz CT molecular complexity index is 618. The van der Waals surface area contributed by atoms with Crippen molar-refractivity contribution in [2.24, 2.45) is 0 Å². The van der Waals surface area contributed by atoms with E-state index in [9.17, 15) is 23.3 Å². The van der Waals surface area contributed by atoms with E-state index in [0.29, 0.717) is 6.07 Å². The van der Waals surface area contributed by atoms with Gasteiger partial charge in [0.15, 0.2) is 0 Å². The van der Waals surface area contributed by atoms with Gasteiger partial charge >= 0.3 is 6.18 Å². The minimum Gasteiger partial charge on any atom is -0.464 e. The molecule has 1 heterocycles. The number of nitrogens with zero attached hydrogens (tertiary/aromatic N) is 1. The second-order valence-corrected chi connectivity index (χ2v) is 3.92. The number of halogens is 3. The van der Waals surface area contributed by atoms with Crippen LogP contribution < -0.4 is 0 Å². The smallest absolute Gasteiger partial charge is 0.416 e. The molecule has 0 fully saturated rings. The molecule has 100 valence electrons. The highest BCUT2D eigenvalue weighted by atomic mass is 19.4. The fourth-order valence-electron chi connectivity index (χ4n) is 1.78. The molecule has 0 N–H and O–H groups in total. The van der Waals surface area contributed by atoms with Crippen molar-refractivity contribution in [1.29, 1.82) is 0 Å². The van der Waals surface area contributed by atoms with Gasteiger partial charge in [-0.25, -0.2) is 0 Å². The summed E-state index contributed by atoms with van der Waals surface area (Å²) in [6, 6.07) is 4.61. The number of alkyl halides is 3. The lowest BCUT2D eigenvalue weighted by atomic mass is 10.0. The van der Waals surface area contributed by atoms with Crippen LogP contribution in [0.5, 0.6) is 0 Å². The number of nitro groups is 1. The Labute approximate surface area is 105 Å². The zero-order valence-electron chi connectivity index (χ0n) is 9.69. The second kappa shape index (κ2) is 4.42. The van der Waals surface area contributed by atoms with Gasteiger partial charge in [-0.3, -0.25) is 10.1 Å². The van der Waals surface area contributed by atoms with Gasteiger partial charge in [-0.15, -0.1) is 0 Å². The quantitative estimate of drug-likeness (QED) is 0.608. The molecule has 4 nitrogen and oxygen atoms in total. The van der Waals surface area contributed by atoms with Crippen molar-refractivity contribution >= 4 is 5.69 Å². The molecule has 0 spiro atoms. The molecule has 0 aliphatic carbocycles. The molecule has 0 saturated heterocycles. The van der Waals surface area contributed by atoms with Gasteiger partial charge in [-0.1, -0.05) is 0 Å². The van der Waals surface area contributed by atoms with Crippen molar-refractivity contribution in [2.75, 3.05) is 0 Å². The Morgan fingerprint density at radius 1 is 1.32 bits per heavy atom. The number of aryl methyl sites for hydroxylation is 1. The molecular weight excluding hydrogens is 263 g/mol. The molecule has 1 aromatic heterocycles. The number of furan rings is 1. The van der Waals surface area contributed by atoms with E-state index >= 15 is 0 Å². The van der Waals surface area contributed by atoms with Crippen molar-refractivity contribution in [2.45, 2.75) is 13.1 Å². The van der Waals surface area contributed by atoms with Gasteiger partial charge in [0.25, 0.3) is 5.69 Å². The fourth-order valence-corrected chi connectivity index (χ4v) is 1.78. The van der Waals surface area contributed by atoms with Gasteiger partial charge < -0.3 is 4.42 Å². The van der Waals surface area contributed by atoms with E-state index in [4.69, 9.17) is 4.42 Å². The maximum absolute atomic E-state index is 12.7. The molecule has 0 saturated carbocycles. The van der Waals surface area contributed by atoms with Crippen LogP contribution in [0.25, 0.3) is 11.3 Å². The maximum Gasteiger partial charge on any atom is 0.416 e. The summed E-state index contributed by atoms with van der Waals surface area (Å²) in [6.07, 6.45) is -3.33. The van der Waals surface area contributed by atoms with Crippen molar-refractivity contribution in [3.63, 3.8) is 0 Å². The van der Waals surface area contributed by atoms with Gasteiger partial charge in [-0.2, -0.15) is 13.2 Å². The highest BCUT2D eigenvalue weighted by Gasteiger charge is 2.35. The monoisotopic (exact) mass is 271 g/mol. The van der Waals surface area contributed by atoms with Crippen molar-refractivity contribution < 1.29 is 22.5 Å². The van der Waals surface area contributed by atoms with E-state index in [1.54, 1.807) is 0 Å². The first kappa shape index (κ1) is 13.1. The molecule has 0 aliphatic rings. The van der Waals surface area contributed by atoms with E-state index in [1.165, 1.54) is 25.3 Å². The molecule has 0 atom stereocenters. The minimum absolute atomic E-state index is 0.0282. The highest BCUT2D eigenvalue weighted by Crippen LogP contribution is 2.39. The van der Waals surface area contributed by atoms with Crippen molar-refractivity contribution in [1.82, 2.24) is 0 Å². The van der Waals surface area contributed by atoms with Gasteiger partial charge in [-0.05, 0) is 30.7 Å². The van der Waals surface area contributed by atoms with E-state index in [-0.39, 0.29) is 16.9 Å². The molecule has 0 bridgehead atoms. The lowest BCUT2D eigenvalue weighted by Gasteiger charge is -2.11. The fraction of sp³-hybridized carbons (Fsp3) is 0.167. The largest absolute Gasteiger partial charge is 0.464 e. The van der Waals surface area contributed by atoms with Gasteiger partial charge in [0.1, 0.15) is 5.76 Å². The average molecular weight is 271 g/mol. The Kier molecular flexibility index (Phi) is 3.05. The predicted molar refractivity (Wildman–Crippen MR) is 60.5 cm³/mol. The third kappa shape index (κ3) is 2.44. The molecule has 2 aromatic rings. The molecule has 2 rings (SSSR count). The van der Waals surface area contributed by atoms with Crippen LogP contribution in [0.4, 0.5) is 18.9 Å². The summed E-state index contributed by atoms with van der Waals surface area (Å²) >= 11 is 0. The standard InChI is InChI=1S/C12H8F3NO3/c1-7-5-8(11-3-2-4-19-11)10(16(17)18)6-9(7)12(13,14)15/h2-6H,1H3. The van der Waals surface area contributed by atoms with Crippen LogP contribution in [0.15, 0.2) is 34.9 Å². The van der Waals surface area contributed by atoms with E-state index < -0.39 is 22.4 Å². The molecule has 0 amide bonds. The molecule has 7 heteroatoms. The number of rotatable bonds is 2. The SMILES string of the molecule is Cc1cc(-c2ccco2)c([N+](=O)[O-])cc1C(F)(F)F. The average Bonchev–Trinajstić information content (AvgIpc) is 2.79.